The van der Waals surface area contributed by atoms with Crippen molar-refractivity contribution < 1.29 is 19.1 Å². The lowest BCUT2D eigenvalue weighted by Gasteiger charge is -2.19. The lowest BCUT2D eigenvalue weighted by molar-refractivity contribution is -0.121. The van der Waals surface area contributed by atoms with E-state index in [0.29, 0.717) is 45.0 Å². The molecule has 234 valence electrons. The largest absolute Gasteiger partial charge is 0.444 e. The molecule has 11 heteroatoms. The molecule has 0 aliphatic heterocycles. The molecule has 0 bridgehead atoms. The normalized spacial score (nSPS) is 11.4. The number of hydrogen-bond donors (Lipinski definition) is 4. The summed E-state index contributed by atoms with van der Waals surface area (Å²) in [7, 11) is 0. The zero-order chi connectivity index (χ0) is 31.7. The number of H-pyrrole nitrogens is 1. The van der Waals surface area contributed by atoms with Crippen LogP contribution in [-0.4, -0.2) is 51.8 Å². The van der Waals surface area contributed by atoms with E-state index in [4.69, 9.17) is 9.47 Å². The number of hydrogen-bond acceptors (Lipinski definition) is 7. The van der Waals surface area contributed by atoms with Gasteiger partial charge in [-0.3, -0.25) is 14.2 Å². The number of carbonyl (C=O) groups excluding carboxylic acids is 2. The maximum Gasteiger partial charge on any atom is 0.407 e. The zero-order valence-electron chi connectivity index (χ0n) is 26.1. The highest BCUT2D eigenvalue weighted by Gasteiger charge is 2.15. The molecule has 2 heterocycles. The quantitative estimate of drug-likeness (QED) is 0.167. The minimum absolute atomic E-state index is 0.0946. The van der Waals surface area contributed by atoms with Crippen molar-refractivity contribution in [1.82, 2.24) is 25.2 Å². The van der Waals surface area contributed by atoms with Crippen molar-refractivity contribution in [2.24, 2.45) is 0 Å². The number of fused-ring (bicyclic) bond motifs is 1. The lowest BCUT2D eigenvalue weighted by Crippen LogP contribution is -2.34. The number of rotatable bonds is 13. The van der Waals surface area contributed by atoms with Crippen LogP contribution in [0.2, 0.25) is 0 Å². The summed E-state index contributed by atoms with van der Waals surface area (Å²) in [5.41, 5.74) is 4.99. The summed E-state index contributed by atoms with van der Waals surface area (Å²) >= 11 is 0. The first-order valence-electron chi connectivity index (χ1n) is 14.7. The number of anilines is 1. The Morgan fingerprint density at radius 2 is 1.80 bits per heavy atom. The molecule has 4 aromatic rings. The third-order valence-corrected chi connectivity index (χ3v) is 6.88. The van der Waals surface area contributed by atoms with Crippen LogP contribution in [0.4, 0.5) is 10.6 Å². The Morgan fingerprint density at radius 1 is 1.00 bits per heavy atom. The van der Waals surface area contributed by atoms with Crippen LogP contribution in [0.25, 0.3) is 10.9 Å². The molecular formula is C33H42N6O5. The van der Waals surface area contributed by atoms with Crippen molar-refractivity contribution in [2.45, 2.75) is 66.3 Å². The molecular weight excluding hydrogens is 560 g/mol. The van der Waals surface area contributed by atoms with Gasteiger partial charge in [0.25, 0.3) is 5.56 Å². The number of aryl methyl sites for hydroxylation is 2. The van der Waals surface area contributed by atoms with Crippen LogP contribution in [0.5, 0.6) is 0 Å². The Labute approximate surface area is 257 Å². The number of ether oxygens (including phenoxy) is 2. The van der Waals surface area contributed by atoms with Crippen LogP contribution in [0.15, 0.2) is 59.7 Å². The molecule has 44 heavy (non-hydrogen) atoms. The number of aromatic amines is 1. The van der Waals surface area contributed by atoms with Gasteiger partial charge in [0.2, 0.25) is 5.91 Å². The highest BCUT2D eigenvalue weighted by molar-refractivity contribution is 5.83. The van der Waals surface area contributed by atoms with Gasteiger partial charge in [0.05, 0.1) is 13.2 Å². The van der Waals surface area contributed by atoms with Crippen LogP contribution in [-0.2, 0) is 40.4 Å². The zero-order valence-corrected chi connectivity index (χ0v) is 26.1. The Kier molecular flexibility index (Phi) is 10.8. The van der Waals surface area contributed by atoms with Gasteiger partial charge in [0.15, 0.2) is 5.82 Å². The molecule has 0 fully saturated rings. The van der Waals surface area contributed by atoms with Crippen LogP contribution in [0.1, 0.15) is 48.7 Å². The molecule has 0 radical (unpaired) electrons. The average Bonchev–Trinajstić information content (AvgIpc) is 3.34. The van der Waals surface area contributed by atoms with E-state index < -0.39 is 11.7 Å². The minimum atomic E-state index is -0.540. The predicted molar refractivity (Wildman–Crippen MR) is 171 cm³/mol. The molecule has 4 rings (SSSR count). The molecule has 11 nitrogen and oxygen atoms in total. The maximum absolute atomic E-state index is 13.1. The van der Waals surface area contributed by atoms with E-state index in [0.717, 1.165) is 33.2 Å². The fraction of sp³-hybridized carbons (Fsp3) is 0.394. The highest BCUT2D eigenvalue weighted by Crippen LogP contribution is 2.19. The maximum atomic E-state index is 13.1. The van der Waals surface area contributed by atoms with Crippen LogP contribution in [0, 0.1) is 13.8 Å². The number of nitrogens with zero attached hydrogens (tertiary/aromatic N) is 2. The summed E-state index contributed by atoms with van der Waals surface area (Å²) < 4.78 is 12.3. The van der Waals surface area contributed by atoms with E-state index in [1.165, 1.54) is 4.57 Å². The summed E-state index contributed by atoms with van der Waals surface area (Å²) in [5, 5.41) is 9.84. The van der Waals surface area contributed by atoms with Crippen molar-refractivity contribution in [3.8, 4) is 0 Å². The number of amides is 2. The summed E-state index contributed by atoms with van der Waals surface area (Å²) in [6, 6.07) is 14.0. The van der Waals surface area contributed by atoms with Crippen LogP contribution < -0.4 is 21.5 Å². The van der Waals surface area contributed by atoms with Gasteiger partial charge in [-0.15, -0.1) is 0 Å². The Morgan fingerprint density at radius 3 is 2.59 bits per heavy atom. The van der Waals surface area contributed by atoms with Gasteiger partial charge in [-0.25, -0.2) is 9.78 Å². The third-order valence-electron chi connectivity index (χ3n) is 6.88. The number of benzene rings is 2. The highest BCUT2D eigenvalue weighted by atomic mass is 16.6. The van der Waals surface area contributed by atoms with Crippen molar-refractivity contribution in [1.29, 1.82) is 0 Å². The van der Waals surface area contributed by atoms with Gasteiger partial charge < -0.3 is 30.4 Å². The summed E-state index contributed by atoms with van der Waals surface area (Å²) in [5.74, 6) is -0.0494. The van der Waals surface area contributed by atoms with Gasteiger partial charge in [0, 0.05) is 48.6 Å². The van der Waals surface area contributed by atoms with E-state index in [-0.39, 0.29) is 23.8 Å². The van der Waals surface area contributed by atoms with Gasteiger partial charge >= 0.3 is 6.09 Å². The van der Waals surface area contributed by atoms with Crippen molar-refractivity contribution in [3.63, 3.8) is 0 Å². The second-order valence-electron chi connectivity index (χ2n) is 11.7. The van der Waals surface area contributed by atoms with Gasteiger partial charge in [-0.2, -0.15) is 0 Å². The fourth-order valence-electron chi connectivity index (χ4n) is 4.64. The summed E-state index contributed by atoms with van der Waals surface area (Å²) in [6.07, 6.45) is 3.75. The lowest BCUT2D eigenvalue weighted by atomic mass is 10.1. The van der Waals surface area contributed by atoms with E-state index in [1.54, 1.807) is 13.1 Å². The van der Waals surface area contributed by atoms with Crippen molar-refractivity contribution in [2.75, 3.05) is 25.0 Å². The first-order valence-corrected chi connectivity index (χ1v) is 14.7. The molecule has 0 spiro atoms. The summed E-state index contributed by atoms with van der Waals surface area (Å²) in [4.78, 5) is 45.1. The molecule has 2 aromatic heterocycles. The van der Waals surface area contributed by atoms with Crippen LogP contribution >= 0.6 is 0 Å². The fourth-order valence-corrected chi connectivity index (χ4v) is 4.64. The van der Waals surface area contributed by atoms with E-state index in [1.807, 2.05) is 70.3 Å². The van der Waals surface area contributed by atoms with Crippen LogP contribution in [0.3, 0.4) is 0 Å². The summed E-state index contributed by atoms with van der Waals surface area (Å²) in [6.45, 7) is 11.1. The predicted octanol–water partition coefficient (Wildman–Crippen LogP) is 4.35. The number of aromatic nitrogens is 3. The molecule has 0 unspecified atom stereocenters. The number of nitrogens with one attached hydrogen (secondary N) is 4. The first kappa shape index (κ1) is 32.3. The minimum Gasteiger partial charge on any atom is -0.444 e. The van der Waals surface area contributed by atoms with Crippen molar-refractivity contribution >= 4 is 28.7 Å². The van der Waals surface area contributed by atoms with Crippen molar-refractivity contribution in [3.05, 3.63) is 93.2 Å². The van der Waals surface area contributed by atoms with Gasteiger partial charge in [0.1, 0.15) is 12.1 Å². The average molecular weight is 603 g/mol. The Hall–Kier alpha value is -4.64. The SMILES string of the molecule is Cc1c[nH]c2ccc(CNC(=O)Cn3c(C)cnc(NCCc4cccc(COCCNC(=O)OC(C)(C)C)c4)c3=O)cc12. The molecule has 0 atom stereocenters. The van der Waals surface area contributed by atoms with Gasteiger partial charge in [-0.1, -0.05) is 30.3 Å². The monoisotopic (exact) mass is 602 g/mol. The number of alkyl carbamates (subject to hydrolysis) is 1. The molecule has 0 saturated carbocycles. The molecule has 4 N–H and O–H groups in total. The standard InChI is InChI=1S/C33H42N6O5/c1-22-17-36-28-10-9-25(16-27(22)28)19-37-29(40)20-39-23(2)18-38-30(31(39)41)34-12-11-24-7-6-8-26(15-24)21-43-14-13-35-32(42)44-33(3,4)5/h6-10,15-18,36H,11-14,19-21H2,1-5H3,(H,34,38)(H,35,42)(H,37,40). The molecule has 0 aliphatic carbocycles. The first-order chi connectivity index (χ1) is 21.0. The van der Waals surface area contributed by atoms with E-state index >= 15 is 0 Å². The molecule has 0 aliphatic rings. The molecule has 2 aromatic carbocycles. The van der Waals surface area contributed by atoms with Gasteiger partial charge in [-0.05, 0) is 75.4 Å². The topological polar surface area (TPSA) is 139 Å². The second-order valence-corrected chi connectivity index (χ2v) is 11.7. The second kappa shape index (κ2) is 14.7. The smallest absolute Gasteiger partial charge is 0.407 e. The van der Waals surface area contributed by atoms with E-state index in [2.05, 4.69) is 32.0 Å². The molecule has 2 amide bonds. The Bertz CT molecular complexity index is 1650. The third kappa shape index (κ3) is 9.43. The Balaban J connectivity index is 1.23. The van der Waals surface area contributed by atoms with E-state index in [9.17, 15) is 14.4 Å². The molecule has 0 saturated heterocycles. The number of carbonyl (C=O) groups is 2.